The number of carbonyl (C=O) groups excluding carboxylic acids is 1. The number of hydrogen-bond donors (Lipinski definition) is 2. The van der Waals surface area contributed by atoms with Crippen LogP contribution in [0.15, 0.2) is 6.07 Å². The van der Waals surface area contributed by atoms with Gasteiger partial charge in [-0.3, -0.25) is 4.79 Å². The summed E-state index contributed by atoms with van der Waals surface area (Å²) in [5.41, 5.74) is 4.51. The summed E-state index contributed by atoms with van der Waals surface area (Å²) in [6, 6.07) is 1.12. The molecule has 0 aliphatic carbocycles. The maximum Gasteiger partial charge on any atom is 0.334 e. The zero-order valence-corrected chi connectivity index (χ0v) is 9.29. The number of carbonyl (C=O) groups is 1. The van der Waals surface area contributed by atoms with Crippen molar-refractivity contribution in [3.63, 3.8) is 0 Å². The lowest BCUT2D eigenvalue weighted by molar-refractivity contribution is 0.0506. The number of rotatable bonds is 2. The average molecular weight is 232 g/mol. The third kappa shape index (κ3) is 2.91. The highest BCUT2D eigenvalue weighted by atomic mass is 19.3. The Kier molecular flexibility index (Phi) is 3.16. The van der Waals surface area contributed by atoms with Crippen molar-refractivity contribution in [3.05, 3.63) is 11.8 Å². The first kappa shape index (κ1) is 12.4. The number of alkyl halides is 2. The Labute approximate surface area is 91.6 Å². The van der Waals surface area contributed by atoms with E-state index in [-0.39, 0.29) is 11.5 Å². The van der Waals surface area contributed by atoms with Crippen LogP contribution in [0.5, 0.6) is 0 Å². The Morgan fingerprint density at radius 2 is 2.12 bits per heavy atom. The number of nitrogens with one attached hydrogen (secondary N) is 1. The van der Waals surface area contributed by atoms with Crippen molar-refractivity contribution in [3.8, 4) is 0 Å². The number of nitrogens with zero attached hydrogens (tertiary/aromatic N) is 2. The summed E-state index contributed by atoms with van der Waals surface area (Å²) in [6.07, 6.45) is 0. The first-order chi connectivity index (χ1) is 7.20. The zero-order chi connectivity index (χ0) is 12.5. The van der Waals surface area contributed by atoms with E-state index >= 15 is 0 Å². The summed E-state index contributed by atoms with van der Waals surface area (Å²) in [5.74, 6) is -0.739. The molecule has 0 aromatic carbocycles. The average Bonchev–Trinajstić information content (AvgIpc) is 2.44. The highest BCUT2D eigenvalue weighted by molar-refractivity contribution is 5.93. The molecule has 0 fully saturated rings. The molecule has 16 heavy (non-hydrogen) atoms. The molecular formula is C9H14F2N4O. The van der Waals surface area contributed by atoms with Crippen molar-refractivity contribution in [2.45, 2.75) is 32.9 Å². The van der Waals surface area contributed by atoms with Gasteiger partial charge in [0, 0.05) is 11.6 Å². The molecule has 0 bridgehead atoms. The predicted molar refractivity (Wildman–Crippen MR) is 55.1 cm³/mol. The summed E-state index contributed by atoms with van der Waals surface area (Å²) < 4.78 is 25.3. The fraction of sp³-hybridized carbons (Fsp3) is 0.556. The van der Waals surface area contributed by atoms with E-state index in [4.69, 9.17) is 5.73 Å². The van der Waals surface area contributed by atoms with E-state index in [1.165, 1.54) is 0 Å². The minimum absolute atomic E-state index is 0.112. The van der Waals surface area contributed by atoms with Gasteiger partial charge in [0.05, 0.1) is 0 Å². The lowest BCUT2D eigenvalue weighted by atomic mass is 10.1. The maximum absolute atomic E-state index is 12.5. The lowest BCUT2D eigenvalue weighted by Gasteiger charge is -2.20. The van der Waals surface area contributed by atoms with E-state index in [0.717, 1.165) is 6.07 Å². The Morgan fingerprint density at radius 1 is 1.56 bits per heavy atom. The number of hydrogen-bond acceptors (Lipinski definition) is 3. The minimum Gasteiger partial charge on any atom is -0.382 e. The van der Waals surface area contributed by atoms with Gasteiger partial charge >= 0.3 is 6.55 Å². The van der Waals surface area contributed by atoms with Crippen LogP contribution in [0, 0.1) is 0 Å². The molecule has 0 unspecified atom stereocenters. The number of amides is 1. The van der Waals surface area contributed by atoms with E-state index in [0.29, 0.717) is 4.68 Å². The van der Waals surface area contributed by atoms with Gasteiger partial charge in [0.25, 0.3) is 5.91 Å². The third-order valence-corrected chi connectivity index (χ3v) is 1.66. The molecule has 7 heteroatoms. The molecule has 3 N–H and O–H groups in total. The molecule has 0 aliphatic rings. The molecule has 0 atom stereocenters. The molecule has 1 aromatic rings. The van der Waals surface area contributed by atoms with Gasteiger partial charge in [-0.25, -0.2) is 0 Å². The summed E-state index contributed by atoms with van der Waals surface area (Å²) in [4.78, 5) is 11.6. The van der Waals surface area contributed by atoms with Crippen molar-refractivity contribution >= 4 is 11.7 Å². The van der Waals surface area contributed by atoms with E-state index in [9.17, 15) is 13.6 Å². The molecule has 1 amide bonds. The summed E-state index contributed by atoms with van der Waals surface area (Å²) in [7, 11) is 0. The first-order valence-corrected chi connectivity index (χ1v) is 4.66. The number of halogens is 2. The molecule has 0 saturated heterocycles. The Balaban J connectivity index is 2.99. The molecule has 0 saturated carbocycles. The fourth-order valence-corrected chi connectivity index (χ4v) is 1.14. The van der Waals surface area contributed by atoms with Crippen LogP contribution in [0.25, 0.3) is 0 Å². The largest absolute Gasteiger partial charge is 0.382 e. The first-order valence-electron chi connectivity index (χ1n) is 4.66. The second-order valence-corrected chi connectivity index (χ2v) is 4.38. The van der Waals surface area contributed by atoms with Crippen LogP contribution in [0.4, 0.5) is 14.6 Å². The van der Waals surface area contributed by atoms with E-state index in [1.807, 2.05) is 0 Å². The van der Waals surface area contributed by atoms with Crippen LogP contribution in [0.1, 0.15) is 37.8 Å². The summed E-state index contributed by atoms with van der Waals surface area (Å²) in [6.45, 7) is 2.35. The summed E-state index contributed by atoms with van der Waals surface area (Å²) in [5, 5.41) is 5.90. The molecule has 1 rings (SSSR count). The predicted octanol–water partition coefficient (Wildman–Crippen LogP) is 1.39. The summed E-state index contributed by atoms with van der Waals surface area (Å²) >= 11 is 0. The van der Waals surface area contributed by atoms with Gasteiger partial charge in [-0.2, -0.15) is 13.5 Å². The topological polar surface area (TPSA) is 72.9 Å². The zero-order valence-electron chi connectivity index (χ0n) is 9.29. The fourth-order valence-electron chi connectivity index (χ4n) is 1.14. The van der Waals surface area contributed by atoms with Crippen molar-refractivity contribution in [1.82, 2.24) is 15.1 Å². The maximum atomic E-state index is 12.5. The van der Waals surface area contributed by atoms with Crippen molar-refractivity contribution in [2.24, 2.45) is 0 Å². The third-order valence-electron chi connectivity index (χ3n) is 1.66. The van der Waals surface area contributed by atoms with Crippen LogP contribution in [0.3, 0.4) is 0 Å². The van der Waals surface area contributed by atoms with E-state index in [1.54, 1.807) is 20.8 Å². The molecule has 90 valence electrons. The highest BCUT2D eigenvalue weighted by Crippen LogP contribution is 2.16. The number of nitrogens with two attached hydrogens (primary N) is 1. The number of aromatic nitrogens is 2. The van der Waals surface area contributed by atoms with Crippen molar-refractivity contribution in [2.75, 3.05) is 5.73 Å². The molecule has 5 nitrogen and oxygen atoms in total. The molecule has 0 aliphatic heterocycles. The molecule has 0 radical (unpaired) electrons. The van der Waals surface area contributed by atoms with Gasteiger partial charge in [-0.1, -0.05) is 0 Å². The second kappa shape index (κ2) is 4.07. The van der Waals surface area contributed by atoms with Gasteiger partial charge in [-0.15, -0.1) is 5.10 Å². The number of anilines is 1. The molecule has 1 heterocycles. The Bertz CT molecular complexity index is 395. The number of nitrogen functional groups attached to an aromatic ring is 1. The van der Waals surface area contributed by atoms with Crippen molar-refractivity contribution in [1.29, 1.82) is 0 Å². The lowest BCUT2D eigenvalue weighted by Crippen LogP contribution is -2.41. The monoisotopic (exact) mass is 232 g/mol. The van der Waals surface area contributed by atoms with Crippen LogP contribution < -0.4 is 11.1 Å². The smallest absolute Gasteiger partial charge is 0.334 e. The molecule has 0 spiro atoms. The van der Waals surface area contributed by atoms with Crippen LogP contribution in [-0.4, -0.2) is 21.2 Å². The second-order valence-electron chi connectivity index (χ2n) is 4.38. The Hall–Kier alpha value is -1.66. The van der Waals surface area contributed by atoms with Crippen LogP contribution in [-0.2, 0) is 0 Å². The molecule has 1 aromatic heterocycles. The molecular weight excluding hydrogens is 218 g/mol. The van der Waals surface area contributed by atoms with Crippen LogP contribution in [0.2, 0.25) is 0 Å². The van der Waals surface area contributed by atoms with Gasteiger partial charge in [0.1, 0.15) is 11.5 Å². The normalized spacial score (nSPS) is 11.9. The van der Waals surface area contributed by atoms with Gasteiger partial charge in [0.2, 0.25) is 0 Å². The van der Waals surface area contributed by atoms with E-state index in [2.05, 4.69) is 10.4 Å². The van der Waals surface area contributed by atoms with Crippen molar-refractivity contribution < 1.29 is 13.6 Å². The van der Waals surface area contributed by atoms with Gasteiger partial charge < -0.3 is 11.1 Å². The van der Waals surface area contributed by atoms with Gasteiger partial charge in [-0.05, 0) is 20.8 Å². The Morgan fingerprint density at radius 3 is 2.56 bits per heavy atom. The van der Waals surface area contributed by atoms with Gasteiger partial charge in [0.15, 0.2) is 0 Å². The van der Waals surface area contributed by atoms with Crippen LogP contribution >= 0.6 is 0 Å². The minimum atomic E-state index is -2.89. The SMILES string of the molecule is CC(C)(C)NC(=O)c1cc(N)nn1C(F)F. The standard InChI is InChI=1S/C9H14F2N4O/c1-9(2,3)13-7(16)5-4-6(12)14-15(5)8(10)11/h4,8H,1-3H3,(H2,12,14)(H,13,16). The quantitative estimate of drug-likeness (QED) is 0.809. The van der Waals surface area contributed by atoms with E-state index < -0.39 is 18.0 Å². The highest BCUT2D eigenvalue weighted by Gasteiger charge is 2.23.